The lowest BCUT2D eigenvalue weighted by Gasteiger charge is -2.38. The van der Waals surface area contributed by atoms with Crippen molar-refractivity contribution >= 4 is 18.0 Å². The minimum atomic E-state index is -1.26. The van der Waals surface area contributed by atoms with E-state index in [0.29, 0.717) is 31.9 Å². The van der Waals surface area contributed by atoms with Gasteiger partial charge >= 0.3 is 12.1 Å². The Balaban J connectivity index is 1.33. The molecule has 4 amide bonds. The number of methoxy groups -OCH3 is 1. The predicted molar refractivity (Wildman–Crippen MR) is 202 cm³/mol. The minimum absolute atomic E-state index is 0.0629. The van der Waals surface area contributed by atoms with E-state index in [2.05, 4.69) is 20.6 Å². The van der Waals surface area contributed by atoms with E-state index in [9.17, 15) is 24.6 Å². The van der Waals surface area contributed by atoms with Gasteiger partial charge in [-0.2, -0.15) is 0 Å². The third kappa shape index (κ3) is 10.5. The number of carbonyl (C=O) groups is 3. The summed E-state index contributed by atoms with van der Waals surface area (Å²) < 4.78 is 5.25. The average molecular weight is 723 g/mol. The molecular formula is C41H50N6O6. The number of benzene rings is 2. The zero-order valence-corrected chi connectivity index (χ0v) is 31.0. The Hall–Kier alpha value is -5.49. The molecule has 1 saturated heterocycles. The molecule has 1 aliphatic rings. The van der Waals surface area contributed by atoms with Crippen LogP contribution in [0.2, 0.25) is 0 Å². The smallest absolute Gasteiger partial charge is 0.404 e. The fourth-order valence-electron chi connectivity index (χ4n) is 6.90. The molecule has 12 heteroatoms. The van der Waals surface area contributed by atoms with Crippen LogP contribution in [0.3, 0.4) is 0 Å². The van der Waals surface area contributed by atoms with Crippen LogP contribution in [0.5, 0.6) is 5.88 Å². The van der Waals surface area contributed by atoms with Gasteiger partial charge in [-0.15, -0.1) is 0 Å². The SMILES string of the molecule is COc1cccc(-c2ccc(C[C@H](NC(=O)O)[C@@H](O)C[C@H](Cc3ccccc3)NC(=O)[C@@H](N3CCN(Cc4cccc(C)n4)C3=O)C(C)(C)C)cc2)n1. The van der Waals surface area contributed by atoms with Gasteiger partial charge in [0.15, 0.2) is 0 Å². The number of pyridine rings is 2. The van der Waals surface area contributed by atoms with Crippen LogP contribution in [0.1, 0.15) is 49.7 Å². The number of nitrogens with one attached hydrogen (secondary N) is 2. The lowest BCUT2D eigenvalue weighted by atomic mass is 9.84. The fourth-order valence-corrected chi connectivity index (χ4v) is 6.90. The highest BCUT2D eigenvalue weighted by Crippen LogP contribution is 2.29. The molecule has 1 aliphatic heterocycles. The number of carbonyl (C=O) groups excluding carboxylic acids is 2. The van der Waals surface area contributed by atoms with E-state index in [1.165, 1.54) is 0 Å². The van der Waals surface area contributed by atoms with Gasteiger partial charge in [0.25, 0.3) is 0 Å². The van der Waals surface area contributed by atoms with Crippen LogP contribution >= 0.6 is 0 Å². The molecule has 0 aliphatic carbocycles. The average Bonchev–Trinajstić information content (AvgIpc) is 3.46. The number of aromatic nitrogens is 2. The van der Waals surface area contributed by atoms with Crippen LogP contribution in [0.4, 0.5) is 9.59 Å². The maximum atomic E-state index is 14.3. The van der Waals surface area contributed by atoms with Crippen molar-refractivity contribution in [2.45, 2.75) is 77.7 Å². The standard InChI is InChI=1S/C41H50N6O6/c1-27-11-9-14-31(42-27)26-46-21-22-47(40(46)52)37(41(2,3)4)38(49)43-32(23-28-12-7-6-8-13-28)25-35(48)34(45-39(50)51)24-29-17-19-30(20-18-29)33-15-10-16-36(44-33)53-5/h6-20,32,34-35,37,45,48H,21-26H2,1-5H3,(H,43,49)(H,50,51)/t32-,34-,35-,37+/m0/s1. The van der Waals surface area contributed by atoms with Gasteiger partial charge in [-0.1, -0.05) is 87.5 Å². The first-order chi connectivity index (χ1) is 25.3. The summed E-state index contributed by atoms with van der Waals surface area (Å²) in [7, 11) is 1.56. The number of aryl methyl sites for hydroxylation is 1. The molecule has 0 saturated carbocycles. The van der Waals surface area contributed by atoms with Gasteiger partial charge in [-0.25, -0.2) is 14.6 Å². The number of amides is 4. The number of carboxylic acid groups (broad SMARTS) is 1. The number of rotatable bonds is 15. The van der Waals surface area contributed by atoms with Gasteiger partial charge in [0, 0.05) is 36.5 Å². The summed E-state index contributed by atoms with van der Waals surface area (Å²) in [5, 5.41) is 27.0. The quantitative estimate of drug-likeness (QED) is 0.126. The summed E-state index contributed by atoms with van der Waals surface area (Å²) in [6.07, 6.45) is -1.75. The topological polar surface area (TPSA) is 157 Å². The highest BCUT2D eigenvalue weighted by molar-refractivity contribution is 5.89. The van der Waals surface area contributed by atoms with Crippen molar-refractivity contribution < 1.29 is 29.3 Å². The monoisotopic (exact) mass is 722 g/mol. The van der Waals surface area contributed by atoms with E-state index in [-0.39, 0.29) is 24.8 Å². The van der Waals surface area contributed by atoms with Crippen molar-refractivity contribution in [2.75, 3.05) is 20.2 Å². The Bertz CT molecular complexity index is 1850. The maximum Gasteiger partial charge on any atom is 0.404 e. The zero-order chi connectivity index (χ0) is 38.1. The largest absolute Gasteiger partial charge is 0.481 e. The minimum Gasteiger partial charge on any atom is -0.481 e. The van der Waals surface area contributed by atoms with Gasteiger partial charge in [0.05, 0.1) is 37.2 Å². The third-order valence-electron chi connectivity index (χ3n) is 9.41. The molecule has 2 aromatic carbocycles. The van der Waals surface area contributed by atoms with Crippen LogP contribution in [-0.4, -0.2) is 92.4 Å². The molecule has 0 bridgehead atoms. The summed E-state index contributed by atoms with van der Waals surface area (Å²) in [5.74, 6) is 0.162. The molecule has 0 spiro atoms. The van der Waals surface area contributed by atoms with Crippen molar-refractivity contribution in [3.05, 3.63) is 114 Å². The van der Waals surface area contributed by atoms with Crippen LogP contribution in [0.25, 0.3) is 11.3 Å². The molecular weight excluding hydrogens is 672 g/mol. The van der Waals surface area contributed by atoms with Gasteiger partial charge in [0.2, 0.25) is 11.8 Å². The lowest BCUT2D eigenvalue weighted by Crippen LogP contribution is -2.57. The van der Waals surface area contributed by atoms with E-state index in [0.717, 1.165) is 33.8 Å². The van der Waals surface area contributed by atoms with E-state index in [1.807, 2.05) is 113 Å². The molecule has 5 rings (SSSR count). The Kier molecular flexibility index (Phi) is 12.7. The number of hydrogen-bond acceptors (Lipinski definition) is 7. The van der Waals surface area contributed by atoms with Crippen molar-refractivity contribution in [1.29, 1.82) is 0 Å². The number of urea groups is 1. The van der Waals surface area contributed by atoms with Crippen molar-refractivity contribution in [3.8, 4) is 17.1 Å². The molecule has 2 aromatic heterocycles. The van der Waals surface area contributed by atoms with Crippen molar-refractivity contribution in [2.24, 2.45) is 5.41 Å². The molecule has 4 atom stereocenters. The summed E-state index contributed by atoms with van der Waals surface area (Å²) in [5.41, 5.74) is 4.37. The zero-order valence-electron chi connectivity index (χ0n) is 31.0. The second-order valence-electron chi connectivity index (χ2n) is 14.7. The number of aliphatic hydroxyl groups is 1. The summed E-state index contributed by atoms with van der Waals surface area (Å²) in [6.45, 7) is 8.88. The molecule has 12 nitrogen and oxygen atoms in total. The van der Waals surface area contributed by atoms with Gasteiger partial charge in [0.1, 0.15) is 6.04 Å². The van der Waals surface area contributed by atoms with Gasteiger partial charge < -0.3 is 35.4 Å². The van der Waals surface area contributed by atoms with E-state index < -0.39 is 35.7 Å². The Morgan fingerprint density at radius 1 is 0.868 bits per heavy atom. The van der Waals surface area contributed by atoms with Gasteiger partial charge in [-0.05, 0) is 60.9 Å². The Labute approximate surface area is 311 Å². The number of aliphatic hydroxyl groups excluding tert-OH is 1. The highest BCUT2D eigenvalue weighted by atomic mass is 16.5. The lowest BCUT2D eigenvalue weighted by molar-refractivity contribution is -0.129. The van der Waals surface area contributed by atoms with E-state index >= 15 is 0 Å². The Morgan fingerprint density at radius 3 is 2.23 bits per heavy atom. The molecule has 53 heavy (non-hydrogen) atoms. The molecule has 0 radical (unpaired) electrons. The maximum absolute atomic E-state index is 14.3. The summed E-state index contributed by atoms with van der Waals surface area (Å²) >= 11 is 0. The first-order valence-electron chi connectivity index (χ1n) is 17.9. The summed E-state index contributed by atoms with van der Waals surface area (Å²) in [4.78, 5) is 52.4. The number of ether oxygens (including phenoxy) is 1. The fraction of sp³-hybridized carbons (Fsp3) is 0.390. The van der Waals surface area contributed by atoms with Gasteiger partial charge in [-0.3, -0.25) is 9.78 Å². The number of hydrogen-bond donors (Lipinski definition) is 4. The first kappa shape index (κ1) is 38.7. The molecule has 4 N–H and O–H groups in total. The normalized spacial score (nSPS) is 15.4. The molecule has 3 heterocycles. The first-order valence-corrected chi connectivity index (χ1v) is 17.9. The third-order valence-corrected chi connectivity index (χ3v) is 9.41. The van der Waals surface area contributed by atoms with E-state index in [4.69, 9.17) is 4.74 Å². The molecule has 4 aromatic rings. The van der Waals surface area contributed by atoms with Crippen molar-refractivity contribution in [1.82, 2.24) is 30.4 Å². The Morgan fingerprint density at radius 2 is 1.57 bits per heavy atom. The van der Waals surface area contributed by atoms with Crippen LogP contribution in [-0.2, 0) is 24.2 Å². The molecule has 1 fully saturated rings. The van der Waals surface area contributed by atoms with Crippen LogP contribution in [0, 0.1) is 12.3 Å². The highest BCUT2D eigenvalue weighted by Gasteiger charge is 2.44. The molecule has 280 valence electrons. The molecule has 0 unspecified atom stereocenters. The van der Waals surface area contributed by atoms with E-state index in [1.54, 1.807) is 23.0 Å². The van der Waals surface area contributed by atoms with Crippen molar-refractivity contribution in [3.63, 3.8) is 0 Å². The predicted octanol–water partition coefficient (Wildman–Crippen LogP) is 5.47. The summed E-state index contributed by atoms with van der Waals surface area (Å²) in [6, 6.07) is 25.9. The second kappa shape index (κ2) is 17.4. The van der Waals surface area contributed by atoms with Crippen LogP contribution in [0.15, 0.2) is 91.0 Å². The van der Waals surface area contributed by atoms with Crippen LogP contribution < -0.4 is 15.4 Å². The second-order valence-corrected chi connectivity index (χ2v) is 14.7. The number of nitrogens with zero attached hydrogens (tertiary/aromatic N) is 4.